The molecule has 3 N–H and O–H groups in total. The van der Waals surface area contributed by atoms with Crippen LogP contribution < -0.4 is 10.0 Å². The van der Waals surface area contributed by atoms with Gasteiger partial charge in [-0.2, -0.15) is 0 Å². The van der Waals surface area contributed by atoms with Crippen LogP contribution in [0.15, 0.2) is 52.1 Å². The van der Waals surface area contributed by atoms with E-state index in [0.717, 1.165) is 12.1 Å². The van der Waals surface area contributed by atoms with Crippen molar-refractivity contribution in [1.29, 1.82) is 0 Å². The number of nitrogens with zero attached hydrogens (tertiary/aromatic N) is 2. The molecule has 0 fully saturated rings. The van der Waals surface area contributed by atoms with Crippen molar-refractivity contribution < 1.29 is 27.1 Å². The highest BCUT2D eigenvalue weighted by Gasteiger charge is 2.34. The minimum absolute atomic E-state index is 0.0102. The zero-order valence-electron chi connectivity index (χ0n) is 17.9. The molecule has 8 nitrogen and oxygen atoms in total. The quantitative estimate of drug-likeness (QED) is 0.354. The van der Waals surface area contributed by atoms with Gasteiger partial charge in [0.25, 0.3) is 5.91 Å². The molecule has 2 aromatic heterocycles. The van der Waals surface area contributed by atoms with E-state index in [-0.39, 0.29) is 32.3 Å². The van der Waals surface area contributed by atoms with Crippen molar-refractivity contribution in [1.82, 2.24) is 14.3 Å². The van der Waals surface area contributed by atoms with Crippen LogP contribution in [0.3, 0.4) is 0 Å². The van der Waals surface area contributed by atoms with Crippen molar-refractivity contribution in [3.63, 3.8) is 0 Å². The molecule has 34 heavy (non-hydrogen) atoms. The van der Waals surface area contributed by atoms with E-state index in [2.05, 4.69) is 31.0 Å². The van der Waals surface area contributed by atoms with E-state index in [1.807, 2.05) is 0 Å². The monoisotopic (exact) mass is 576 g/mol. The van der Waals surface area contributed by atoms with Gasteiger partial charge < -0.3 is 15.0 Å². The van der Waals surface area contributed by atoms with E-state index in [4.69, 9.17) is 11.6 Å². The van der Waals surface area contributed by atoms with E-state index in [0.29, 0.717) is 5.56 Å². The summed E-state index contributed by atoms with van der Waals surface area (Å²) in [6.07, 6.45) is 2.80. The smallest absolute Gasteiger partial charge is 0.273 e. The van der Waals surface area contributed by atoms with Gasteiger partial charge in [-0.05, 0) is 53.0 Å². The summed E-state index contributed by atoms with van der Waals surface area (Å²) in [5, 5.41) is 12.6. The van der Waals surface area contributed by atoms with E-state index in [1.54, 1.807) is 12.1 Å². The fourth-order valence-corrected chi connectivity index (χ4v) is 6.08. The Hall–Kier alpha value is -2.38. The maximum absolute atomic E-state index is 13.5. The summed E-state index contributed by atoms with van der Waals surface area (Å²) in [7, 11) is -2.77. The number of amides is 1. The van der Waals surface area contributed by atoms with E-state index in [9.17, 15) is 27.1 Å². The van der Waals surface area contributed by atoms with Gasteiger partial charge in [0.15, 0.2) is 11.6 Å². The highest BCUT2D eigenvalue weighted by atomic mass is 79.9. The molecule has 0 aliphatic heterocycles. The normalized spacial score (nSPS) is 13.5. The molecule has 0 saturated heterocycles. The number of pyridine rings is 1. The van der Waals surface area contributed by atoms with Crippen LogP contribution in [0.1, 0.15) is 23.0 Å². The van der Waals surface area contributed by atoms with Gasteiger partial charge in [0, 0.05) is 31.2 Å². The second-order valence-electron chi connectivity index (χ2n) is 7.84. The van der Waals surface area contributed by atoms with E-state index >= 15 is 0 Å². The number of aromatic nitrogens is 2. The van der Waals surface area contributed by atoms with Gasteiger partial charge >= 0.3 is 0 Å². The highest BCUT2D eigenvalue weighted by molar-refractivity contribution is 9.10. The van der Waals surface area contributed by atoms with Crippen LogP contribution in [0.4, 0.5) is 14.5 Å². The number of carbonyl (C=O) groups is 1. The number of hydrogen-bond acceptors (Lipinski definition) is 5. The number of hydrogen-bond donors (Lipinski definition) is 3. The zero-order chi connectivity index (χ0) is 25.3. The summed E-state index contributed by atoms with van der Waals surface area (Å²) < 4.78 is 56.7. The Morgan fingerprint density at radius 3 is 2.56 bits per heavy atom. The topological polar surface area (TPSA) is 113 Å². The second kappa shape index (κ2) is 10.1. The number of benzene rings is 1. The maximum Gasteiger partial charge on any atom is 0.273 e. The predicted molar refractivity (Wildman–Crippen MR) is 126 cm³/mol. The number of anilines is 1. The maximum atomic E-state index is 13.5. The molecular weight excluding hydrogens is 558 g/mol. The Labute approximate surface area is 208 Å². The van der Waals surface area contributed by atoms with Crippen molar-refractivity contribution >= 4 is 49.1 Å². The lowest BCUT2D eigenvalue weighted by atomic mass is 9.96. The summed E-state index contributed by atoms with van der Waals surface area (Å²) >= 11 is 8.94. The molecule has 0 aliphatic rings. The number of aliphatic hydroxyl groups is 1. The number of aryl methyl sites for hydroxylation is 1. The van der Waals surface area contributed by atoms with Gasteiger partial charge in [-0.3, -0.25) is 4.79 Å². The lowest BCUT2D eigenvalue weighted by Crippen LogP contribution is -2.50. The van der Waals surface area contributed by atoms with Gasteiger partial charge in [0.2, 0.25) is 10.0 Å². The molecule has 0 spiro atoms. The lowest BCUT2D eigenvalue weighted by Gasteiger charge is -2.28. The van der Waals surface area contributed by atoms with E-state index < -0.39 is 39.7 Å². The predicted octanol–water partition coefficient (Wildman–Crippen LogP) is 3.64. The first-order chi connectivity index (χ1) is 15.8. The third-order valence-electron chi connectivity index (χ3n) is 4.88. The van der Waals surface area contributed by atoms with Gasteiger partial charge in [0.1, 0.15) is 15.7 Å². The van der Waals surface area contributed by atoms with Gasteiger partial charge in [-0.15, -0.1) is 0 Å². The Morgan fingerprint density at radius 1 is 1.26 bits per heavy atom. The number of rotatable bonds is 8. The molecule has 3 rings (SSSR count). The van der Waals surface area contributed by atoms with Crippen molar-refractivity contribution in [3.8, 4) is 0 Å². The van der Waals surface area contributed by atoms with Crippen LogP contribution in [0.2, 0.25) is 5.15 Å². The lowest BCUT2D eigenvalue weighted by molar-refractivity contribution is 0.101. The average molecular weight is 578 g/mol. The minimum Gasteiger partial charge on any atom is -0.394 e. The Morgan fingerprint density at radius 2 is 1.97 bits per heavy atom. The summed E-state index contributed by atoms with van der Waals surface area (Å²) in [5.74, 6) is -2.96. The standard InChI is InChI=1S/C21H20BrClF2N4O4S/c1-21(11-30,8-12-3-6-17(23)26-9-12)28-34(32,33)16-10-29(2)19(18(16)22)20(31)27-13-4-5-14(24)15(25)7-13/h3-7,9-10,28,30H,8,11H2,1-2H3,(H,27,31). The Kier molecular flexibility index (Phi) is 7.78. The van der Waals surface area contributed by atoms with Crippen LogP contribution in [0.5, 0.6) is 0 Å². The summed E-state index contributed by atoms with van der Waals surface area (Å²) in [6, 6.07) is 6.05. The largest absolute Gasteiger partial charge is 0.394 e. The molecule has 1 aromatic carbocycles. The fourth-order valence-electron chi connectivity index (χ4n) is 3.25. The van der Waals surface area contributed by atoms with E-state index in [1.165, 1.54) is 37.0 Å². The van der Waals surface area contributed by atoms with Gasteiger partial charge in [-0.25, -0.2) is 26.9 Å². The Bertz CT molecular complexity index is 1340. The third kappa shape index (κ3) is 5.81. The first kappa shape index (κ1) is 26.2. The molecule has 0 aliphatic carbocycles. The second-order valence-corrected chi connectivity index (χ2v) is 10.7. The number of sulfonamides is 1. The molecule has 0 bridgehead atoms. The first-order valence-corrected chi connectivity index (χ1v) is 12.4. The molecule has 1 atom stereocenters. The molecule has 13 heteroatoms. The number of carbonyl (C=O) groups excluding carboxylic acids is 1. The molecule has 182 valence electrons. The summed E-state index contributed by atoms with van der Waals surface area (Å²) in [4.78, 5) is 16.5. The zero-order valence-corrected chi connectivity index (χ0v) is 21.1. The summed E-state index contributed by atoms with van der Waals surface area (Å²) in [6.45, 7) is 0.996. The first-order valence-electron chi connectivity index (χ1n) is 9.72. The minimum atomic E-state index is -4.22. The third-order valence-corrected chi connectivity index (χ3v) is 7.82. The average Bonchev–Trinajstić information content (AvgIpc) is 3.07. The highest BCUT2D eigenvalue weighted by Crippen LogP contribution is 2.30. The fraction of sp³-hybridized carbons (Fsp3) is 0.238. The summed E-state index contributed by atoms with van der Waals surface area (Å²) in [5.41, 5.74) is -0.735. The van der Waals surface area contributed by atoms with Crippen molar-refractivity contribution in [2.24, 2.45) is 7.05 Å². The number of nitrogens with one attached hydrogen (secondary N) is 2. The molecule has 1 amide bonds. The van der Waals surface area contributed by atoms with Crippen LogP contribution >= 0.6 is 27.5 Å². The van der Waals surface area contributed by atoms with Crippen molar-refractivity contribution in [2.75, 3.05) is 11.9 Å². The van der Waals surface area contributed by atoms with Gasteiger partial charge in [0.05, 0.1) is 16.6 Å². The molecular formula is C21H20BrClF2N4O4S. The van der Waals surface area contributed by atoms with Crippen molar-refractivity contribution in [3.05, 3.63) is 75.2 Å². The SMILES string of the molecule is Cn1cc(S(=O)(=O)NC(C)(CO)Cc2ccc(Cl)nc2)c(Br)c1C(=O)Nc1ccc(F)c(F)c1. The van der Waals surface area contributed by atoms with Crippen LogP contribution in [0.25, 0.3) is 0 Å². The van der Waals surface area contributed by atoms with Crippen molar-refractivity contribution in [2.45, 2.75) is 23.8 Å². The van der Waals surface area contributed by atoms with Crippen LogP contribution in [-0.4, -0.2) is 41.1 Å². The molecule has 1 unspecified atom stereocenters. The van der Waals surface area contributed by atoms with Crippen LogP contribution in [0, 0.1) is 11.6 Å². The molecule has 3 aromatic rings. The van der Waals surface area contributed by atoms with Crippen LogP contribution in [-0.2, 0) is 23.5 Å². The molecule has 2 heterocycles. The Balaban J connectivity index is 1.87. The molecule has 0 radical (unpaired) electrons. The number of aliphatic hydroxyl groups excluding tert-OH is 1. The van der Waals surface area contributed by atoms with Gasteiger partial charge in [-0.1, -0.05) is 17.7 Å². The number of halogens is 4. The molecule has 0 saturated carbocycles.